The summed E-state index contributed by atoms with van der Waals surface area (Å²) >= 11 is 0. The fourth-order valence-corrected chi connectivity index (χ4v) is 6.02. The maximum absolute atomic E-state index is 9.35. The lowest BCUT2D eigenvalue weighted by Gasteiger charge is -2.09. The van der Waals surface area contributed by atoms with E-state index in [9.17, 15) is 5.02 Å². The molecule has 0 radical (unpaired) electrons. The standard InChI is InChI=1S/C36H24BNO3/c39-37-41-27-18-20-34-32(22-27)31-21-25(17-19-33(31)38(34)26-7-2-1-3-8-26)23-13-15-24(16-14-23)28-10-6-11-30-29-9-4-5-12-35(29)40-36(28)30/h1-22,37,39H. The SMILES string of the molecule is OBOc1ccc2c(c1)c1cc(-c3ccc(-c4cccc5c4oc4ccccc45)cc3)ccc1n2-c1ccccc1. The summed E-state index contributed by atoms with van der Waals surface area (Å²) in [5, 5.41) is 13.8. The van der Waals surface area contributed by atoms with Gasteiger partial charge in [0.05, 0.1) is 11.0 Å². The average Bonchev–Trinajstić information content (AvgIpc) is 3.57. The van der Waals surface area contributed by atoms with E-state index >= 15 is 0 Å². The summed E-state index contributed by atoms with van der Waals surface area (Å²) < 4.78 is 14.0. The molecule has 0 bridgehead atoms. The summed E-state index contributed by atoms with van der Waals surface area (Å²) in [4.78, 5) is 0. The molecule has 5 heteroatoms. The highest BCUT2D eigenvalue weighted by Gasteiger charge is 2.15. The fourth-order valence-electron chi connectivity index (χ4n) is 6.02. The van der Waals surface area contributed by atoms with Gasteiger partial charge in [0.15, 0.2) is 0 Å². The van der Waals surface area contributed by atoms with Crippen LogP contribution in [-0.4, -0.2) is 17.3 Å². The first-order valence-electron chi connectivity index (χ1n) is 13.7. The van der Waals surface area contributed by atoms with Gasteiger partial charge in [-0.1, -0.05) is 84.9 Å². The number of hydrogen-bond donors (Lipinski definition) is 1. The van der Waals surface area contributed by atoms with Crippen molar-refractivity contribution in [1.82, 2.24) is 4.57 Å². The normalized spacial score (nSPS) is 11.5. The van der Waals surface area contributed by atoms with Crippen LogP contribution in [0, 0.1) is 0 Å². The topological polar surface area (TPSA) is 47.5 Å². The molecule has 2 aromatic heterocycles. The molecule has 0 saturated carbocycles. The summed E-state index contributed by atoms with van der Waals surface area (Å²) in [6.07, 6.45) is 0. The van der Waals surface area contributed by atoms with Crippen molar-refractivity contribution in [3.8, 4) is 33.7 Å². The number of hydrogen-bond acceptors (Lipinski definition) is 3. The third-order valence-electron chi connectivity index (χ3n) is 7.92. The third kappa shape index (κ3) is 3.82. The lowest BCUT2D eigenvalue weighted by Crippen LogP contribution is -1.99. The van der Waals surface area contributed by atoms with Crippen molar-refractivity contribution in [3.05, 3.63) is 133 Å². The Labute approximate surface area is 237 Å². The Morgan fingerprint density at radius 1 is 0.561 bits per heavy atom. The molecule has 0 spiro atoms. The van der Waals surface area contributed by atoms with Gasteiger partial charge in [-0.3, -0.25) is 0 Å². The number of furan rings is 1. The molecule has 0 fully saturated rings. The van der Waals surface area contributed by atoms with Gasteiger partial charge in [0, 0.05) is 32.8 Å². The lowest BCUT2D eigenvalue weighted by molar-refractivity contribution is 0.454. The van der Waals surface area contributed by atoms with Gasteiger partial charge in [0.2, 0.25) is 0 Å². The van der Waals surface area contributed by atoms with Gasteiger partial charge in [0.25, 0.3) is 0 Å². The van der Waals surface area contributed by atoms with Crippen LogP contribution in [0.3, 0.4) is 0 Å². The first-order valence-corrected chi connectivity index (χ1v) is 13.7. The molecule has 0 amide bonds. The van der Waals surface area contributed by atoms with Crippen LogP contribution in [0.2, 0.25) is 0 Å². The maximum Gasteiger partial charge on any atom is 0.504 e. The minimum atomic E-state index is -0.359. The molecule has 4 nitrogen and oxygen atoms in total. The number of para-hydroxylation sites is 3. The molecule has 1 N–H and O–H groups in total. The highest BCUT2D eigenvalue weighted by Crippen LogP contribution is 2.38. The van der Waals surface area contributed by atoms with Gasteiger partial charge < -0.3 is 18.7 Å². The quantitative estimate of drug-likeness (QED) is 0.227. The zero-order valence-corrected chi connectivity index (χ0v) is 22.1. The molecule has 0 atom stereocenters. The molecule has 0 unspecified atom stereocenters. The van der Waals surface area contributed by atoms with Crippen LogP contribution in [0.5, 0.6) is 5.75 Å². The minimum Gasteiger partial charge on any atom is -0.539 e. The van der Waals surface area contributed by atoms with E-state index in [1.54, 1.807) is 0 Å². The zero-order valence-electron chi connectivity index (χ0n) is 22.1. The number of nitrogens with zero attached hydrogens (tertiary/aromatic N) is 1. The molecule has 194 valence electrons. The van der Waals surface area contributed by atoms with E-state index in [1.807, 2.05) is 36.4 Å². The molecule has 8 rings (SSSR count). The van der Waals surface area contributed by atoms with Crippen molar-refractivity contribution >= 4 is 51.4 Å². The molecule has 0 aliphatic rings. The lowest BCUT2D eigenvalue weighted by atomic mass is 9.98. The molecular formula is C36H24BNO3. The molecular weight excluding hydrogens is 505 g/mol. The smallest absolute Gasteiger partial charge is 0.504 e. The number of rotatable bonds is 5. The molecule has 6 aromatic carbocycles. The third-order valence-corrected chi connectivity index (χ3v) is 7.92. The van der Waals surface area contributed by atoms with E-state index in [2.05, 4.69) is 102 Å². The first kappa shape index (κ1) is 23.6. The maximum atomic E-state index is 9.35. The second-order valence-electron chi connectivity index (χ2n) is 10.2. The summed E-state index contributed by atoms with van der Waals surface area (Å²) in [6.45, 7) is 0. The van der Waals surface area contributed by atoms with Crippen molar-refractivity contribution in [1.29, 1.82) is 0 Å². The summed E-state index contributed by atoms with van der Waals surface area (Å²) in [5.41, 5.74) is 9.59. The van der Waals surface area contributed by atoms with Gasteiger partial charge in [0.1, 0.15) is 16.9 Å². The van der Waals surface area contributed by atoms with Crippen molar-refractivity contribution in [3.63, 3.8) is 0 Å². The summed E-state index contributed by atoms with van der Waals surface area (Å²) in [5.74, 6) is 0.640. The Kier molecular flexibility index (Phi) is 5.44. The van der Waals surface area contributed by atoms with Crippen molar-refractivity contribution in [2.45, 2.75) is 0 Å². The summed E-state index contributed by atoms with van der Waals surface area (Å²) in [6, 6.07) is 46.2. The van der Waals surface area contributed by atoms with E-state index in [0.29, 0.717) is 5.75 Å². The van der Waals surface area contributed by atoms with Gasteiger partial charge >= 0.3 is 7.69 Å². The van der Waals surface area contributed by atoms with Gasteiger partial charge in [-0.25, -0.2) is 0 Å². The van der Waals surface area contributed by atoms with Crippen LogP contribution in [0.1, 0.15) is 0 Å². The Morgan fingerprint density at radius 2 is 1.24 bits per heavy atom. The van der Waals surface area contributed by atoms with E-state index in [0.717, 1.165) is 71.7 Å². The minimum absolute atomic E-state index is 0.359. The van der Waals surface area contributed by atoms with Crippen molar-refractivity contribution in [2.24, 2.45) is 0 Å². The Hall–Kier alpha value is -5.26. The average molecular weight is 529 g/mol. The van der Waals surface area contributed by atoms with Crippen LogP contribution < -0.4 is 4.65 Å². The predicted octanol–water partition coefficient (Wildman–Crippen LogP) is 8.65. The molecule has 0 saturated heterocycles. The van der Waals surface area contributed by atoms with Crippen LogP contribution >= 0.6 is 0 Å². The monoisotopic (exact) mass is 529 g/mol. The highest BCUT2D eigenvalue weighted by atomic mass is 16.5. The van der Waals surface area contributed by atoms with Crippen LogP contribution in [-0.2, 0) is 0 Å². The Balaban J connectivity index is 1.25. The van der Waals surface area contributed by atoms with E-state index in [4.69, 9.17) is 9.07 Å². The Morgan fingerprint density at radius 3 is 2.07 bits per heavy atom. The Bertz CT molecular complexity index is 2210. The number of aromatic nitrogens is 1. The largest absolute Gasteiger partial charge is 0.539 e. The van der Waals surface area contributed by atoms with Crippen LogP contribution in [0.4, 0.5) is 0 Å². The summed E-state index contributed by atoms with van der Waals surface area (Å²) in [7, 11) is -0.359. The molecule has 0 aliphatic carbocycles. The van der Waals surface area contributed by atoms with Crippen LogP contribution in [0.25, 0.3) is 71.7 Å². The van der Waals surface area contributed by atoms with E-state index in [1.165, 1.54) is 0 Å². The van der Waals surface area contributed by atoms with Crippen molar-refractivity contribution < 1.29 is 14.1 Å². The number of fused-ring (bicyclic) bond motifs is 6. The molecule has 0 aliphatic heterocycles. The second kappa shape index (κ2) is 9.44. The van der Waals surface area contributed by atoms with E-state index < -0.39 is 0 Å². The zero-order chi connectivity index (χ0) is 27.3. The van der Waals surface area contributed by atoms with Gasteiger partial charge in [-0.15, -0.1) is 0 Å². The van der Waals surface area contributed by atoms with Crippen LogP contribution in [0.15, 0.2) is 138 Å². The number of benzene rings is 6. The second-order valence-corrected chi connectivity index (χ2v) is 10.2. The highest BCUT2D eigenvalue weighted by molar-refractivity contribution is 6.18. The first-order chi connectivity index (χ1) is 20.3. The predicted molar refractivity (Wildman–Crippen MR) is 169 cm³/mol. The van der Waals surface area contributed by atoms with Gasteiger partial charge in [-0.05, 0) is 65.2 Å². The van der Waals surface area contributed by atoms with E-state index in [-0.39, 0.29) is 7.69 Å². The van der Waals surface area contributed by atoms with Gasteiger partial charge in [-0.2, -0.15) is 0 Å². The molecule has 2 heterocycles. The molecule has 8 aromatic rings. The fraction of sp³-hybridized carbons (Fsp3) is 0. The van der Waals surface area contributed by atoms with Crippen molar-refractivity contribution in [2.75, 3.05) is 0 Å². The molecule has 41 heavy (non-hydrogen) atoms.